The Kier molecular flexibility index (Phi) is 3.38. The Morgan fingerprint density at radius 3 is 2.70 bits per heavy atom. The fourth-order valence-electron chi connectivity index (χ4n) is 3.32. The molecule has 3 nitrogen and oxygen atoms in total. The largest absolute Gasteiger partial charge is 0.366 e. The first-order valence-electron chi connectivity index (χ1n) is 7.78. The van der Waals surface area contributed by atoms with Crippen molar-refractivity contribution in [1.82, 2.24) is 5.32 Å². The Morgan fingerprint density at radius 2 is 1.91 bits per heavy atom. The molecule has 0 saturated heterocycles. The second kappa shape index (κ2) is 5.43. The fraction of sp³-hybridized carbons (Fsp3) is 0.211. The Hall–Kier alpha value is -2.26. The Balaban J connectivity index is 1.93. The van der Waals surface area contributed by atoms with Crippen molar-refractivity contribution in [3.05, 3.63) is 76.1 Å². The first-order valence-corrected chi connectivity index (χ1v) is 8.16. The van der Waals surface area contributed by atoms with Crippen LogP contribution < -0.4 is 10.2 Å². The van der Waals surface area contributed by atoms with E-state index in [1.807, 2.05) is 30.3 Å². The van der Waals surface area contributed by atoms with Gasteiger partial charge in [-0.1, -0.05) is 41.9 Å². The van der Waals surface area contributed by atoms with Gasteiger partial charge in [-0.05, 0) is 32.0 Å². The van der Waals surface area contributed by atoms with Crippen molar-refractivity contribution in [1.29, 1.82) is 0 Å². The summed E-state index contributed by atoms with van der Waals surface area (Å²) in [6.45, 7) is 4.96. The van der Waals surface area contributed by atoms with Crippen molar-refractivity contribution in [2.75, 3.05) is 11.4 Å². The fourth-order valence-corrected chi connectivity index (χ4v) is 3.50. The van der Waals surface area contributed by atoms with E-state index in [0.29, 0.717) is 6.54 Å². The van der Waals surface area contributed by atoms with E-state index in [1.165, 1.54) is 11.4 Å². The van der Waals surface area contributed by atoms with E-state index in [1.54, 1.807) is 0 Å². The molecule has 0 aliphatic carbocycles. The van der Waals surface area contributed by atoms with Crippen LogP contribution in [-0.4, -0.2) is 18.4 Å². The molecule has 23 heavy (non-hydrogen) atoms. The molecule has 116 valence electrons. The third-order valence-electron chi connectivity index (χ3n) is 4.54. The number of hydrogen-bond donors (Lipinski definition) is 1. The summed E-state index contributed by atoms with van der Waals surface area (Å²) < 4.78 is 0. The quantitative estimate of drug-likeness (QED) is 0.852. The summed E-state index contributed by atoms with van der Waals surface area (Å²) in [5, 5.41) is 4.27. The summed E-state index contributed by atoms with van der Waals surface area (Å²) in [7, 11) is 0. The molecule has 2 aliphatic rings. The number of halogens is 1. The smallest absolute Gasteiger partial charge is 0.123 e. The van der Waals surface area contributed by atoms with Crippen LogP contribution in [0.1, 0.15) is 25.0 Å². The number of anilines is 1. The van der Waals surface area contributed by atoms with Crippen LogP contribution in [0, 0.1) is 0 Å². The van der Waals surface area contributed by atoms with Crippen molar-refractivity contribution >= 4 is 23.0 Å². The van der Waals surface area contributed by atoms with Crippen LogP contribution in [0.4, 0.5) is 5.69 Å². The summed E-state index contributed by atoms with van der Waals surface area (Å²) in [5.74, 6) is 0. The van der Waals surface area contributed by atoms with Gasteiger partial charge in [-0.2, -0.15) is 0 Å². The van der Waals surface area contributed by atoms with E-state index in [0.717, 1.165) is 27.5 Å². The van der Waals surface area contributed by atoms with Crippen LogP contribution in [-0.2, 0) is 0 Å². The second-order valence-corrected chi connectivity index (χ2v) is 6.39. The molecule has 2 heterocycles. The molecule has 0 fully saturated rings. The Bertz CT molecular complexity index is 824. The van der Waals surface area contributed by atoms with Crippen LogP contribution in [0.15, 0.2) is 64.9 Å². The minimum absolute atomic E-state index is 0.163. The number of benzene rings is 2. The van der Waals surface area contributed by atoms with E-state index in [4.69, 9.17) is 16.6 Å². The molecule has 0 bridgehead atoms. The molecule has 2 aliphatic heterocycles. The Morgan fingerprint density at radius 1 is 1.13 bits per heavy atom. The maximum atomic E-state index is 6.29. The van der Waals surface area contributed by atoms with Gasteiger partial charge in [-0.25, -0.2) is 0 Å². The summed E-state index contributed by atoms with van der Waals surface area (Å²) in [6.07, 6.45) is 0.163. The number of nitrogens with one attached hydrogen (secondary N) is 1. The highest BCUT2D eigenvalue weighted by Crippen LogP contribution is 2.35. The van der Waals surface area contributed by atoms with Gasteiger partial charge in [0, 0.05) is 27.5 Å². The highest BCUT2D eigenvalue weighted by Gasteiger charge is 2.32. The summed E-state index contributed by atoms with van der Waals surface area (Å²) in [6, 6.07) is 16.4. The molecule has 1 unspecified atom stereocenters. The maximum absolute atomic E-state index is 6.29. The van der Waals surface area contributed by atoms with Crippen molar-refractivity contribution in [3.63, 3.8) is 0 Å². The third-order valence-corrected chi connectivity index (χ3v) is 4.78. The summed E-state index contributed by atoms with van der Waals surface area (Å²) in [5.41, 5.74) is 6.81. The van der Waals surface area contributed by atoms with Crippen molar-refractivity contribution in [3.8, 4) is 0 Å². The van der Waals surface area contributed by atoms with Gasteiger partial charge in [0.1, 0.15) is 6.17 Å². The number of allylic oxidation sites excluding steroid dienone is 2. The van der Waals surface area contributed by atoms with Gasteiger partial charge in [0.15, 0.2) is 0 Å². The molecule has 2 aromatic rings. The molecule has 0 amide bonds. The lowest BCUT2D eigenvalue weighted by atomic mass is 10.00. The first-order chi connectivity index (χ1) is 11.1. The van der Waals surface area contributed by atoms with Crippen LogP contribution in [0.25, 0.3) is 0 Å². The number of hydrogen-bond acceptors (Lipinski definition) is 3. The molecule has 0 saturated carbocycles. The van der Waals surface area contributed by atoms with Gasteiger partial charge in [0.05, 0.1) is 17.9 Å². The van der Waals surface area contributed by atoms with Gasteiger partial charge in [0.2, 0.25) is 0 Å². The molecule has 1 atom stereocenters. The molecular weight excluding hydrogens is 306 g/mol. The predicted octanol–water partition coefficient (Wildman–Crippen LogP) is 4.18. The zero-order valence-electron chi connectivity index (χ0n) is 13.2. The SMILES string of the molecule is CC1=C(C)N2c3ccc(Cl)cc3C(c3ccccc3)=NCC2N1. The molecule has 0 spiro atoms. The van der Waals surface area contributed by atoms with Crippen LogP contribution in [0.2, 0.25) is 5.02 Å². The number of nitrogens with zero attached hydrogens (tertiary/aromatic N) is 2. The third kappa shape index (κ3) is 2.32. The highest BCUT2D eigenvalue weighted by atomic mass is 35.5. The average molecular weight is 324 g/mol. The van der Waals surface area contributed by atoms with E-state index < -0.39 is 0 Å². The molecule has 4 rings (SSSR count). The normalized spacial score (nSPS) is 19.7. The number of fused-ring (bicyclic) bond motifs is 3. The molecule has 2 aromatic carbocycles. The van der Waals surface area contributed by atoms with Crippen LogP contribution in [0.5, 0.6) is 0 Å². The van der Waals surface area contributed by atoms with E-state index >= 15 is 0 Å². The van der Waals surface area contributed by atoms with Crippen LogP contribution >= 0.6 is 11.6 Å². The zero-order valence-corrected chi connectivity index (χ0v) is 13.9. The minimum atomic E-state index is 0.163. The van der Waals surface area contributed by atoms with E-state index in [9.17, 15) is 0 Å². The minimum Gasteiger partial charge on any atom is -0.366 e. The molecule has 0 radical (unpaired) electrons. The molecule has 1 N–H and O–H groups in total. The molecule has 4 heteroatoms. The summed E-state index contributed by atoms with van der Waals surface area (Å²) in [4.78, 5) is 7.25. The topological polar surface area (TPSA) is 27.6 Å². The van der Waals surface area contributed by atoms with Gasteiger partial charge < -0.3 is 10.2 Å². The van der Waals surface area contributed by atoms with Crippen LogP contribution in [0.3, 0.4) is 0 Å². The zero-order chi connectivity index (χ0) is 16.0. The molecular formula is C19H18ClN3. The predicted molar refractivity (Wildman–Crippen MR) is 96.2 cm³/mol. The lowest BCUT2D eigenvalue weighted by molar-refractivity contribution is 0.619. The van der Waals surface area contributed by atoms with Crippen molar-refractivity contribution in [2.24, 2.45) is 4.99 Å². The van der Waals surface area contributed by atoms with Gasteiger partial charge in [-0.3, -0.25) is 4.99 Å². The van der Waals surface area contributed by atoms with E-state index in [-0.39, 0.29) is 6.17 Å². The van der Waals surface area contributed by atoms with E-state index in [2.05, 4.69) is 42.3 Å². The maximum Gasteiger partial charge on any atom is 0.123 e. The first kappa shape index (κ1) is 14.3. The standard InChI is InChI=1S/C19H18ClN3/c1-12-13(2)23-17-9-8-15(20)10-16(17)19(21-11-18(23)22-12)14-6-4-3-5-7-14/h3-10,18,22H,11H2,1-2H3. The monoisotopic (exact) mass is 323 g/mol. The number of rotatable bonds is 1. The molecule has 0 aromatic heterocycles. The van der Waals surface area contributed by atoms with Gasteiger partial charge in [-0.15, -0.1) is 0 Å². The average Bonchev–Trinajstić information content (AvgIpc) is 2.75. The Labute approximate surface area is 141 Å². The van der Waals surface area contributed by atoms with Gasteiger partial charge >= 0.3 is 0 Å². The summed E-state index contributed by atoms with van der Waals surface area (Å²) >= 11 is 6.29. The highest BCUT2D eigenvalue weighted by molar-refractivity contribution is 6.31. The van der Waals surface area contributed by atoms with Gasteiger partial charge in [0.25, 0.3) is 0 Å². The number of aliphatic imine (C=N–C) groups is 1. The van der Waals surface area contributed by atoms with Crippen molar-refractivity contribution in [2.45, 2.75) is 20.0 Å². The lowest BCUT2D eigenvalue weighted by Crippen LogP contribution is -2.39. The lowest BCUT2D eigenvalue weighted by Gasteiger charge is -2.27. The second-order valence-electron chi connectivity index (χ2n) is 5.96. The van der Waals surface area contributed by atoms with Crippen molar-refractivity contribution < 1.29 is 0 Å².